The second kappa shape index (κ2) is 6.19. The Morgan fingerprint density at radius 3 is 2.90 bits per heavy atom. The van der Waals surface area contributed by atoms with Gasteiger partial charge in [0.1, 0.15) is 0 Å². The summed E-state index contributed by atoms with van der Waals surface area (Å²) in [5.74, 6) is 1.01. The molecule has 3 N–H and O–H groups in total. The van der Waals surface area contributed by atoms with Crippen LogP contribution in [0.5, 0.6) is 0 Å². The number of nitrogens with one attached hydrogen (secondary N) is 1. The molecule has 3 rings (SSSR count). The van der Waals surface area contributed by atoms with Gasteiger partial charge in [0, 0.05) is 23.8 Å². The van der Waals surface area contributed by atoms with E-state index in [1.165, 1.54) is 4.88 Å². The zero-order valence-electron chi connectivity index (χ0n) is 10.9. The topological polar surface area (TPSA) is 94.5 Å². The Morgan fingerprint density at radius 1 is 1.29 bits per heavy atom. The minimum Gasteiger partial charge on any atom is -0.368 e. The molecule has 0 saturated heterocycles. The highest BCUT2D eigenvalue weighted by atomic mass is 79.9. The van der Waals surface area contributed by atoms with E-state index >= 15 is 0 Å². The Kier molecular flexibility index (Phi) is 4.11. The Bertz CT molecular complexity index is 725. The third-order valence-corrected chi connectivity index (χ3v) is 4.32. The maximum Gasteiger partial charge on any atom is 0.257 e. The van der Waals surface area contributed by atoms with E-state index in [9.17, 15) is 0 Å². The van der Waals surface area contributed by atoms with Gasteiger partial charge in [-0.05, 0) is 40.5 Å². The molecular weight excluding hydrogens is 354 g/mol. The minimum atomic E-state index is 0.164. The number of nitrogens with two attached hydrogens (primary N) is 1. The van der Waals surface area contributed by atoms with Gasteiger partial charge in [-0.3, -0.25) is 0 Å². The van der Waals surface area contributed by atoms with Crippen LogP contribution < -0.4 is 11.1 Å². The molecule has 0 aliphatic rings. The molecule has 3 heterocycles. The van der Waals surface area contributed by atoms with E-state index in [0.29, 0.717) is 11.9 Å². The van der Waals surface area contributed by atoms with Crippen LogP contribution in [0.15, 0.2) is 34.4 Å². The van der Waals surface area contributed by atoms with Crippen molar-refractivity contribution in [3.63, 3.8) is 0 Å². The number of nitrogens with zero attached hydrogens (tertiary/aromatic N) is 5. The lowest BCUT2D eigenvalue weighted by Crippen LogP contribution is -2.13. The molecule has 0 spiro atoms. The molecule has 0 saturated carbocycles. The second-order valence-electron chi connectivity index (χ2n) is 4.15. The molecular formula is C12H12BrN7S. The van der Waals surface area contributed by atoms with Crippen molar-refractivity contribution in [3.8, 4) is 5.95 Å². The molecule has 3 aromatic heterocycles. The SMILES string of the molecule is Nc1nc(NCCc2ccc(Br)s2)nc(-n2cccn2)n1. The fourth-order valence-electron chi connectivity index (χ4n) is 1.73. The molecule has 0 amide bonds. The number of halogens is 1. The molecule has 0 bridgehead atoms. The zero-order valence-corrected chi connectivity index (χ0v) is 13.3. The first-order valence-corrected chi connectivity index (χ1v) is 7.81. The minimum absolute atomic E-state index is 0.164. The molecule has 0 fully saturated rings. The summed E-state index contributed by atoms with van der Waals surface area (Å²) in [6.45, 7) is 0.717. The van der Waals surface area contributed by atoms with Crippen LogP contribution in [-0.4, -0.2) is 31.3 Å². The van der Waals surface area contributed by atoms with E-state index in [1.807, 2.05) is 6.07 Å². The maximum absolute atomic E-state index is 5.70. The van der Waals surface area contributed by atoms with Crippen molar-refractivity contribution in [2.45, 2.75) is 6.42 Å². The third-order valence-electron chi connectivity index (χ3n) is 2.63. The molecule has 0 aliphatic carbocycles. The molecule has 0 unspecified atom stereocenters. The van der Waals surface area contributed by atoms with Crippen LogP contribution in [0.25, 0.3) is 5.95 Å². The van der Waals surface area contributed by atoms with Crippen LogP contribution >= 0.6 is 27.3 Å². The molecule has 7 nitrogen and oxygen atoms in total. The normalized spacial score (nSPS) is 10.7. The fraction of sp³-hybridized carbons (Fsp3) is 0.167. The van der Waals surface area contributed by atoms with Gasteiger partial charge >= 0.3 is 0 Å². The Balaban J connectivity index is 1.68. The number of hydrogen-bond donors (Lipinski definition) is 2. The number of thiophene rings is 1. The summed E-state index contributed by atoms with van der Waals surface area (Å²) in [5.41, 5.74) is 5.70. The lowest BCUT2D eigenvalue weighted by Gasteiger charge is -2.06. The molecule has 21 heavy (non-hydrogen) atoms. The lowest BCUT2D eigenvalue weighted by molar-refractivity contribution is 0.798. The maximum atomic E-state index is 5.70. The smallest absolute Gasteiger partial charge is 0.257 e. The number of rotatable bonds is 5. The van der Waals surface area contributed by atoms with E-state index in [4.69, 9.17) is 5.73 Å². The van der Waals surface area contributed by atoms with Gasteiger partial charge in [-0.1, -0.05) is 0 Å². The van der Waals surface area contributed by atoms with Crippen molar-refractivity contribution in [1.82, 2.24) is 24.7 Å². The second-order valence-corrected chi connectivity index (χ2v) is 6.70. The highest BCUT2D eigenvalue weighted by Gasteiger charge is 2.06. The van der Waals surface area contributed by atoms with Crippen LogP contribution in [-0.2, 0) is 6.42 Å². The first-order valence-electron chi connectivity index (χ1n) is 6.20. The predicted octanol–water partition coefficient (Wildman–Crippen LogP) is 2.12. The third kappa shape index (κ3) is 3.56. The quantitative estimate of drug-likeness (QED) is 0.718. The van der Waals surface area contributed by atoms with Gasteiger partial charge in [-0.25, -0.2) is 4.68 Å². The summed E-state index contributed by atoms with van der Waals surface area (Å²) < 4.78 is 2.67. The average Bonchev–Trinajstić information content (AvgIpc) is 3.10. The Morgan fingerprint density at radius 2 is 2.19 bits per heavy atom. The van der Waals surface area contributed by atoms with Crippen LogP contribution in [0.2, 0.25) is 0 Å². The van der Waals surface area contributed by atoms with Gasteiger partial charge in [-0.15, -0.1) is 11.3 Å². The molecule has 9 heteroatoms. The molecule has 3 aromatic rings. The van der Waals surface area contributed by atoms with Crippen molar-refractivity contribution < 1.29 is 0 Å². The molecule has 0 radical (unpaired) electrons. The van der Waals surface area contributed by atoms with Crippen molar-refractivity contribution in [1.29, 1.82) is 0 Å². The number of aromatic nitrogens is 5. The Hall–Kier alpha value is -2.00. The number of nitrogen functional groups attached to an aromatic ring is 1. The van der Waals surface area contributed by atoms with Crippen molar-refractivity contribution >= 4 is 39.2 Å². The van der Waals surface area contributed by atoms with Crippen LogP contribution in [0.1, 0.15) is 4.88 Å². The number of hydrogen-bond acceptors (Lipinski definition) is 7. The van der Waals surface area contributed by atoms with Crippen LogP contribution in [0.4, 0.5) is 11.9 Å². The fourth-order valence-corrected chi connectivity index (χ4v) is 3.22. The van der Waals surface area contributed by atoms with Crippen LogP contribution in [0.3, 0.4) is 0 Å². The van der Waals surface area contributed by atoms with E-state index in [2.05, 4.69) is 47.4 Å². The predicted molar refractivity (Wildman–Crippen MR) is 85.6 cm³/mol. The highest BCUT2D eigenvalue weighted by Crippen LogP contribution is 2.22. The monoisotopic (exact) mass is 365 g/mol. The molecule has 0 atom stereocenters. The summed E-state index contributed by atoms with van der Waals surface area (Å²) in [7, 11) is 0. The zero-order chi connectivity index (χ0) is 14.7. The van der Waals surface area contributed by atoms with Crippen molar-refractivity contribution in [2.75, 3.05) is 17.6 Å². The van der Waals surface area contributed by atoms with Crippen molar-refractivity contribution in [2.24, 2.45) is 0 Å². The molecule has 0 aliphatic heterocycles. The van der Waals surface area contributed by atoms with E-state index < -0.39 is 0 Å². The standard InChI is InChI=1S/C12H12BrN7S/c13-9-3-2-8(21-9)4-6-15-11-17-10(14)18-12(19-11)20-7-1-5-16-20/h1-3,5,7H,4,6H2,(H3,14,15,17,18,19). The Labute approximate surface area is 133 Å². The molecule has 0 aromatic carbocycles. The average molecular weight is 366 g/mol. The van der Waals surface area contributed by atoms with Gasteiger partial charge < -0.3 is 11.1 Å². The first kappa shape index (κ1) is 14.0. The number of anilines is 2. The first-order chi connectivity index (χ1) is 10.2. The van der Waals surface area contributed by atoms with Gasteiger partial charge in [0.25, 0.3) is 5.95 Å². The van der Waals surface area contributed by atoms with Crippen molar-refractivity contribution in [3.05, 3.63) is 39.3 Å². The van der Waals surface area contributed by atoms with Crippen LogP contribution in [0, 0.1) is 0 Å². The molecule has 108 valence electrons. The summed E-state index contributed by atoms with van der Waals surface area (Å²) >= 11 is 5.16. The van der Waals surface area contributed by atoms with Gasteiger partial charge in [0.15, 0.2) is 0 Å². The van der Waals surface area contributed by atoms with Gasteiger partial charge in [0.2, 0.25) is 11.9 Å². The van der Waals surface area contributed by atoms with Gasteiger partial charge in [0.05, 0.1) is 3.79 Å². The summed E-state index contributed by atoms with van der Waals surface area (Å²) in [5, 5.41) is 7.23. The lowest BCUT2D eigenvalue weighted by atomic mass is 10.3. The summed E-state index contributed by atoms with van der Waals surface area (Å²) in [4.78, 5) is 13.7. The summed E-state index contributed by atoms with van der Waals surface area (Å²) in [6.07, 6.45) is 4.29. The summed E-state index contributed by atoms with van der Waals surface area (Å²) in [6, 6.07) is 5.92. The largest absolute Gasteiger partial charge is 0.368 e. The van der Waals surface area contributed by atoms with E-state index in [-0.39, 0.29) is 5.95 Å². The van der Waals surface area contributed by atoms with E-state index in [0.717, 1.165) is 16.8 Å². The van der Waals surface area contributed by atoms with E-state index in [1.54, 1.807) is 34.5 Å². The highest BCUT2D eigenvalue weighted by molar-refractivity contribution is 9.11. The van der Waals surface area contributed by atoms with Gasteiger partial charge in [-0.2, -0.15) is 20.1 Å².